The number of nitrogens with two attached hydrogens (primary N) is 1. The molecule has 2 aliphatic rings. The maximum absolute atomic E-state index is 13.8. The van der Waals surface area contributed by atoms with Gasteiger partial charge in [0.1, 0.15) is 18.5 Å². The zero-order valence-electron chi connectivity index (χ0n) is 13.1. The van der Waals surface area contributed by atoms with Gasteiger partial charge in [-0.15, -0.1) is 0 Å². The summed E-state index contributed by atoms with van der Waals surface area (Å²) in [5.41, 5.74) is 5.73. The minimum absolute atomic E-state index is 0.135. The molecule has 8 heteroatoms. The van der Waals surface area contributed by atoms with Crippen molar-refractivity contribution in [3.05, 3.63) is 24.2 Å². The highest BCUT2D eigenvalue weighted by Gasteiger charge is 2.49. The molecule has 0 aromatic carbocycles. The zero-order valence-corrected chi connectivity index (χ0v) is 13.1. The number of nitrogens with zero attached hydrogens (tertiary/aromatic N) is 4. The number of rotatable bonds is 4. The van der Waals surface area contributed by atoms with Crippen molar-refractivity contribution in [2.45, 2.75) is 31.0 Å². The fourth-order valence-electron chi connectivity index (χ4n) is 3.85. The molecule has 0 unspecified atom stereocenters. The van der Waals surface area contributed by atoms with Crippen LogP contribution in [-0.2, 0) is 0 Å². The van der Waals surface area contributed by atoms with E-state index in [1.807, 2.05) is 0 Å². The molecular weight excluding hydrogens is 313 g/mol. The van der Waals surface area contributed by atoms with Crippen molar-refractivity contribution in [3.63, 3.8) is 0 Å². The van der Waals surface area contributed by atoms with Crippen molar-refractivity contribution in [2.24, 2.45) is 5.73 Å². The lowest BCUT2D eigenvalue weighted by Crippen LogP contribution is -2.43. The second-order valence-corrected chi connectivity index (χ2v) is 6.47. The quantitative estimate of drug-likeness (QED) is 0.901. The summed E-state index contributed by atoms with van der Waals surface area (Å²) in [6.45, 7) is 1.76. The molecule has 0 saturated carbocycles. The lowest BCUT2D eigenvalue weighted by Gasteiger charge is -2.30. The minimum atomic E-state index is -0.796. The number of carbonyl (C=O) groups is 1. The van der Waals surface area contributed by atoms with Crippen LogP contribution in [0.25, 0.3) is 10.9 Å². The van der Waals surface area contributed by atoms with Crippen LogP contribution in [0.1, 0.15) is 29.8 Å². The first kappa shape index (κ1) is 15.2. The van der Waals surface area contributed by atoms with Crippen LogP contribution in [-0.4, -0.2) is 57.2 Å². The van der Waals surface area contributed by atoms with Crippen molar-refractivity contribution >= 4 is 16.8 Å². The number of halogens is 1. The molecule has 0 bridgehead atoms. The van der Waals surface area contributed by atoms with Gasteiger partial charge in [0.15, 0.2) is 0 Å². The van der Waals surface area contributed by atoms with Gasteiger partial charge in [-0.05, 0) is 25.5 Å². The summed E-state index contributed by atoms with van der Waals surface area (Å²) in [6.07, 6.45) is 4.65. The Morgan fingerprint density at radius 3 is 3.21 bits per heavy atom. The standard InChI is InChI=1S/C16H18FN5O2/c17-10-6-16(3-1-5-22(16)8-10)9-24-15-20-7-11-12(21-15)2-4-19-13(11)14(18)23/h2,4,7,10H,1,3,5-6,8-9H2,(H2,18,23)/t10-,16+/m1/s1. The highest BCUT2D eigenvalue weighted by molar-refractivity contribution is 6.03. The number of amides is 1. The molecular formula is C16H18FN5O2. The average Bonchev–Trinajstić information content (AvgIpc) is 3.07. The van der Waals surface area contributed by atoms with Gasteiger partial charge in [-0.3, -0.25) is 14.7 Å². The van der Waals surface area contributed by atoms with Crippen molar-refractivity contribution in [3.8, 4) is 6.01 Å². The Morgan fingerprint density at radius 1 is 1.50 bits per heavy atom. The predicted octanol–water partition coefficient (Wildman–Crippen LogP) is 1.08. The molecule has 0 radical (unpaired) electrons. The van der Waals surface area contributed by atoms with Crippen LogP contribution < -0.4 is 10.5 Å². The highest BCUT2D eigenvalue weighted by Crippen LogP contribution is 2.40. The van der Waals surface area contributed by atoms with E-state index in [-0.39, 0.29) is 17.2 Å². The molecule has 2 aliphatic heterocycles. The number of primary amides is 1. The van der Waals surface area contributed by atoms with Crippen LogP contribution in [0.15, 0.2) is 18.5 Å². The van der Waals surface area contributed by atoms with Gasteiger partial charge < -0.3 is 10.5 Å². The molecule has 2 N–H and O–H groups in total. The normalized spacial score (nSPS) is 26.6. The van der Waals surface area contributed by atoms with Crippen molar-refractivity contribution in [1.29, 1.82) is 0 Å². The Balaban J connectivity index is 1.56. The monoisotopic (exact) mass is 331 g/mol. The molecule has 2 saturated heterocycles. The first-order valence-corrected chi connectivity index (χ1v) is 8.01. The maximum Gasteiger partial charge on any atom is 0.316 e. The molecule has 0 spiro atoms. The molecule has 1 amide bonds. The summed E-state index contributed by atoms with van der Waals surface area (Å²) in [5.74, 6) is -0.627. The van der Waals surface area contributed by atoms with Gasteiger partial charge in [0.2, 0.25) is 0 Å². The number of ether oxygens (including phenoxy) is 1. The fraction of sp³-hybridized carbons (Fsp3) is 0.500. The molecule has 126 valence electrons. The third kappa shape index (κ3) is 2.47. The number of fused-ring (bicyclic) bond motifs is 2. The van der Waals surface area contributed by atoms with Crippen molar-refractivity contribution < 1.29 is 13.9 Å². The maximum atomic E-state index is 13.8. The second-order valence-electron chi connectivity index (χ2n) is 6.47. The van der Waals surface area contributed by atoms with Gasteiger partial charge in [-0.25, -0.2) is 9.37 Å². The smallest absolute Gasteiger partial charge is 0.316 e. The third-order valence-corrected chi connectivity index (χ3v) is 4.95. The number of hydrogen-bond donors (Lipinski definition) is 1. The van der Waals surface area contributed by atoms with Crippen LogP contribution >= 0.6 is 0 Å². The summed E-state index contributed by atoms with van der Waals surface area (Å²) in [5, 5.41) is 0.489. The first-order valence-electron chi connectivity index (χ1n) is 8.01. The molecule has 2 atom stereocenters. The Hall–Kier alpha value is -2.35. The second kappa shape index (κ2) is 5.62. The van der Waals surface area contributed by atoms with Crippen molar-refractivity contribution in [2.75, 3.05) is 19.7 Å². The van der Waals surface area contributed by atoms with E-state index in [0.717, 1.165) is 19.4 Å². The zero-order chi connectivity index (χ0) is 16.7. The molecule has 24 heavy (non-hydrogen) atoms. The Morgan fingerprint density at radius 2 is 2.38 bits per heavy atom. The number of aromatic nitrogens is 3. The molecule has 2 aromatic heterocycles. The minimum Gasteiger partial charge on any atom is -0.461 e. The topological polar surface area (TPSA) is 94.2 Å². The molecule has 2 fully saturated rings. The van der Waals surface area contributed by atoms with Crippen LogP contribution in [0.3, 0.4) is 0 Å². The summed E-state index contributed by atoms with van der Waals surface area (Å²) >= 11 is 0. The summed E-state index contributed by atoms with van der Waals surface area (Å²) in [7, 11) is 0. The SMILES string of the molecule is NC(=O)c1nccc2nc(OC[C@@]34CCCN3C[C@H](F)C4)ncc12. The average molecular weight is 331 g/mol. The lowest BCUT2D eigenvalue weighted by molar-refractivity contribution is 0.0997. The number of alkyl halides is 1. The van der Waals surface area contributed by atoms with Crippen molar-refractivity contribution in [1.82, 2.24) is 19.9 Å². The summed E-state index contributed by atoms with van der Waals surface area (Å²) < 4.78 is 19.5. The van der Waals surface area contributed by atoms with E-state index in [1.165, 1.54) is 12.4 Å². The molecule has 4 rings (SSSR count). The van der Waals surface area contributed by atoms with Gasteiger partial charge in [0.05, 0.1) is 16.4 Å². The van der Waals surface area contributed by atoms with E-state index < -0.39 is 12.1 Å². The van der Waals surface area contributed by atoms with E-state index >= 15 is 0 Å². The Kier molecular flexibility index (Phi) is 3.56. The van der Waals surface area contributed by atoms with Crippen LogP contribution in [0.4, 0.5) is 4.39 Å². The van der Waals surface area contributed by atoms with E-state index in [1.54, 1.807) is 6.07 Å². The number of hydrogen-bond acceptors (Lipinski definition) is 6. The predicted molar refractivity (Wildman–Crippen MR) is 84.4 cm³/mol. The third-order valence-electron chi connectivity index (χ3n) is 4.95. The largest absolute Gasteiger partial charge is 0.461 e. The van der Waals surface area contributed by atoms with E-state index in [4.69, 9.17) is 10.5 Å². The molecule has 7 nitrogen and oxygen atoms in total. The highest BCUT2D eigenvalue weighted by atomic mass is 19.1. The summed E-state index contributed by atoms with van der Waals surface area (Å²) in [6, 6.07) is 1.89. The van der Waals surface area contributed by atoms with Crippen LogP contribution in [0.5, 0.6) is 6.01 Å². The first-order chi connectivity index (χ1) is 11.6. The number of pyridine rings is 1. The fourth-order valence-corrected chi connectivity index (χ4v) is 3.85. The van der Waals surface area contributed by atoms with E-state index in [9.17, 15) is 9.18 Å². The van der Waals surface area contributed by atoms with Gasteiger partial charge in [0.25, 0.3) is 5.91 Å². The van der Waals surface area contributed by atoms with Gasteiger partial charge in [-0.1, -0.05) is 0 Å². The Bertz CT molecular complexity index is 801. The Labute approximate surface area is 138 Å². The van der Waals surface area contributed by atoms with Crippen LogP contribution in [0.2, 0.25) is 0 Å². The van der Waals surface area contributed by atoms with E-state index in [0.29, 0.717) is 30.5 Å². The van der Waals surface area contributed by atoms with Gasteiger partial charge in [-0.2, -0.15) is 4.98 Å². The van der Waals surface area contributed by atoms with Gasteiger partial charge >= 0.3 is 6.01 Å². The lowest BCUT2D eigenvalue weighted by atomic mass is 9.95. The molecule has 0 aliphatic carbocycles. The van der Waals surface area contributed by atoms with Crippen LogP contribution in [0, 0.1) is 0 Å². The molecule has 4 heterocycles. The van der Waals surface area contributed by atoms with E-state index in [2.05, 4.69) is 19.9 Å². The number of carbonyl (C=O) groups excluding carboxylic acids is 1. The summed E-state index contributed by atoms with van der Waals surface area (Å²) in [4.78, 5) is 26.0. The van der Waals surface area contributed by atoms with Gasteiger partial charge in [0, 0.05) is 25.4 Å². The molecule has 2 aromatic rings.